The highest BCUT2D eigenvalue weighted by atomic mass is 32.2. The molecule has 3 rings (SSSR count). The van der Waals surface area contributed by atoms with E-state index in [-0.39, 0.29) is 29.5 Å². The average Bonchev–Trinajstić information content (AvgIpc) is 3.40. The zero-order valence-corrected chi connectivity index (χ0v) is 19.5. The van der Waals surface area contributed by atoms with Crippen molar-refractivity contribution >= 4 is 33.0 Å². The first-order chi connectivity index (χ1) is 15.3. The Bertz CT molecular complexity index is 1230. The molecule has 0 saturated carbocycles. The van der Waals surface area contributed by atoms with Gasteiger partial charge in [-0.15, -0.1) is 11.3 Å². The van der Waals surface area contributed by atoms with Crippen LogP contribution in [0.5, 0.6) is 5.75 Å². The Morgan fingerprint density at radius 3 is 2.56 bits per heavy atom. The summed E-state index contributed by atoms with van der Waals surface area (Å²) in [5.41, 5.74) is -0.304. The second-order valence-electron chi connectivity index (χ2n) is 6.51. The number of nitrogens with zero attached hydrogens (tertiary/aromatic N) is 5. The van der Waals surface area contributed by atoms with Crippen molar-refractivity contribution in [2.75, 3.05) is 25.0 Å². The van der Waals surface area contributed by atoms with Crippen LogP contribution < -0.4 is 15.7 Å². The van der Waals surface area contributed by atoms with Crippen LogP contribution in [0.3, 0.4) is 0 Å². The van der Waals surface area contributed by atoms with E-state index in [1.807, 2.05) is 0 Å². The first kappa shape index (κ1) is 23.6. The second-order valence-corrected chi connectivity index (χ2v) is 9.35. The summed E-state index contributed by atoms with van der Waals surface area (Å²) in [7, 11) is -3.82. The summed E-state index contributed by atoms with van der Waals surface area (Å²) < 4.78 is 34.9. The van der Waals surface area contributed by atoms with Crippen molar-refractivity contribution < 1.29 is 17.9 Å². The fourth-order valence-electron chi connectivity index (χ4n) is 3.00. The normalized spacial score (nSPS) is 11.6. The minimum absolute atomic E-state index is 0.0401. The number of amides is 1. The van der Waals surface area contributed by atoms with Gasteiger partial charge < -0.3 is 10.1 Å². The standard InChI is InChI=1S/C19H24N6O5S2/c1-4-23(5-2)32(28,29)16-12-14(9-10-15(16)30-6-3)20-17(26)13-24-19(27)25(22-21-24)18-8-7-11-31-18/h7-12H,4-6,13H2,1-3H3,(H,20,26). The van der Waals surface area contributed by atoms with Crippen LogP contribution in [0.2, 0.25) is 0 Å². The summed E-state index contributed by atoms with van der Waals surface area (Å²) in [6.07, 6.45) is 0. The Balaban J connectivity index is 1.83. The number of aromatic nitrogens is 4. The van der Waals surface area contributed by atoms with E-state index in [0.29, 0.717) is 18.1 Å². The van der Waals surface area contributed by atoms with Crippen LogP contribution in [0.15, 0.2) is 45.4 Å². The lowest BCUT2D eigenvalue weighted by atomic mass is 10.3. The van der Waals surface area contributed by atoms with Gasteiger partial charge in [0.15, 0.2) is 0 Å². The Morgan fingerprint density at radius 2 is 1.94 bits per heavy atom. The van der Waals surface area contributed by atoms with Gasteiger partial charge in [-0.2, -0.15) is 13.7 Å². The number of rotatable bonds is 10. The van der Waals surface area contributed by atoms with Gasteiger partial charge in [0, 0.05) is 18.8 Å². The van der Waals surface area contributed by atoms with E-state index in [1.54, 1.807) is 38.3 Å². The van der Waals surface area contributed by atoms with E-state index in [1.165, 1.54) is 33.8 Å². The Kier molecular flexibility index (Phi) is 7.43. The third-order valence-electron chi connectivity index (χ3n) is 4.50. The highest BCUT2D eigenvalue weighted by molar-refractivity contribution is 7.89. The quantitative estimate of drug-likeness (QED) is 0.466. The molecule has 0 aliphatic carbocycles. The maximum absolute atomic E-state index is 13.0. The number of benzene rings is 1. The molecule has 1 N–H and O–H groups in total. The number of ether oxygens (including phenoxy) is 1. The molecule has 0 aliphatic heterocycles. The molecule has 0 spiro atoms. The molecule has 0 unspecified atom stereocenters. The van der Waals surface area contributed by atoms with E-state index >= 15 is 0 Å². The molecule has 1 amide bonds. The summed E-state index contributed by atoms with van der Waals surface area (Å²) in [5.74, 6) is -0.354. The number of carbonyl (C=O) groups is 1. The first-order valence-corrected chi connectivity index (χ1v) is 12.3. The van der Waals surface area contributed by atoms with Crippen molar-refractivity contribution in [2.24, 2.45) is 0 Å². The van der Waals surface area contributed by atoms with E-state index in [9.17, 15) is 18.0 Å². The molecule has 11 nitrogen and oxygen atoms in total. The predicted octanol–water partition coefficient (Wildman–Crippen LogP) is 1.56. The maximum atomic E-state index is 13.0. The van der Waals surface area contributed by atoms with Gasteiger partial charge in [-0.1, -0.05) is 13.8 Å². The van der Waals surface area contributed by atoms with Crippen molar-refractivity contribution in [3.8, 4) is 10.8 Å². The third kappa shape index (κ3) is 4.89. The summed E-state index contributed by atoms with van der Waals surface area (Å²) in [6, 6.07) is 7.86. The number of carbonyl (C=O) groups excluding carboxylic acids is 1. The number of thiophene rings is 1. The van der Waals surface area contributed by atoms with Crippen LogP contribution in [-0.4, -0.2) is 58.1 Å². The van der Waals surface area contributed by atoms with E-state index in [4.69, 9.17) is 4.74 Å². The van der Waals surface area contributed by atoms with Crippen molar-refractivity contribution in [3.63, 3.8) is 0 Å². The highest BCUT2D eigenvalue weighted by Gasteiger charge is 2.26. The third-order valence-corrected chi connectivity index (χ3v) is 7.41. The van der Waals surface area contributed by atoms with Gasteiger partial charge in [0.05, 0.1) is 6.61 Å². The lowest BCUT2D eigenvalue weighted by Crippen LogP contribution is -2.31. The van der Waals surface area contributed by atoms with Gasteiger partial charge in [-0.3, -0.25) is 4.79 Å². The Hall–Kier alpha value is -3.03. The fourth-order valence-corrected chi connectivity index (χ4v) is 5.29. The van der Waals surface area contributed by atoms with Gasteiger partial charge >= 0.3 is 5.69 Å². The van der Waals surface area contributed by atoms with Crippen LogP contribution in [-0.2, 0) is 21.4 Å². The van der Waals surface area contributed by atoms with Gasteiger partial charge in [-0.25, -0.2) is 13.2 Å². The molecule has 0 bridgehead atoms. The molecule has 2 aromatic heterocycles. The first-order valence-electron chi connectivity index (χ1n) is 9.95. The molecule has 32 heavy (non-hydrogen) atoms. The molecule has 13 heteroatoms. The summed E-state index contributed by atoms with van der Waals surface area (Å²) in [4.78, 5) is 24.9. The monoisotopic (exact) mass is 480 g/mol. The van der Waals surface area contributed by atoms with Crippen molar-refractivity contribution in [2.45, 2.75) is 32.2 Å². The van der Waals surface area contributed by atoms with Crippen molar-refractivity contribution in [3.05, 3.63) is 46.2 Å². The zero-order valence-electron chi connectivity index (χ0n) is 17.9. The molecule has 0 aliphatic rings. The van der Waals surface area contributed by atoms with Crippen LogP contribution in [0.25, 0.3) is 5.00 Å². The zero-order chi connectivity index (χ0) is 23.3. The van der Waals surface area contributed by atoms with E-state index in [0.717, 1.165) is 9.36 Å². The molecule has 0 radical (unpaired) electrons. The molecule has 0 fully saturated rings. The molecule has 0 atom stereocenters. The van der Waals surface area contributed by atoms with E-state index < -0.39 is 21.6 Å². The van der Waals surface area contributed by atoms with Crippen LogP contribution in [0, 0.1) is 0 Å². The number of nitrogens with one attached hydrogen (secondary N) is 1. The average molecular weight is 481 g/mol. The Labute approximate surface area is 189 Å². The molecule has 1 aromatic carbocycles. The second kappa shape index (κ2) is 10.1. The van der Waals surface area contributed by atoms with Gasteiger partial charge in [0.2, 0.25) is 15.9 Å². The van der Waals surface area contributed by atoms with Crippen LogP contribution in [0.4, 0.5) is 5.69 Å². The smallest absolute Gasteiger partial charge is 0.369 e. The molecule has 172 valence electrons. The van der Waals surface area contributed by atoms with E-state index in [2.05, 4.69) is 15.7 Å². The number of tetrazole rings is 1. The molecular formula is C19H24N6O5S2. The topological polar surface area (TPSA) is 128 Å². The Morgan fingerprint density at radius 1 is 1.19 bits per heavy atom. The number of hydrogen-bond acceptors (Lipinski definition) is 8. The SMILES string of the molecule is CCOc1ccc(NC(=O)Cn2nnn(-c3cccs3)c2=O)cc1S(=O)(=O)N(CC)CC. The maximum Gasteiger partial charge on any atom is 0.369 e. The van der Waals surface area contributed by atoms with Gasteiger partial charge in [0.25, 0.3) is 0 Å². The largest absolute Gasteiger partial charge is 0.492 e. The summed E-state index contributed by atoms with van der Waals surface area (Å²) >= 11 is 1.31. The number of sulfonamides is 1. The minimum atomic E-state index is -3.82. The predicted molar refractivity (Wildman–Crippen MR) is 120 cm³/mol. The molecule has 0 saturated heterocycles. The lowest BCUT2D eigenvalue weighted by molar-refractivity contribution is -0.117. The molecule has 3 aromatic rings. The van der Waals surface area contributed by atoms with Crippen LogP contribution >= 0.6 is 11.3 Å². The fraction of sp³-hybridized carbons (Fsp3) is 0.368. The van der Waals surface area contributed by atoms with Gasteiger partial charge in [0.1, 0.15) is 22.2 Å². The van der Waals surface area contributed by atoms with Crippen molar-refractivity contribution in [1.29, 1.82) is 0 Å². The number of hydrogen-bond donors (Lipinski definition) is 1. The van der Waals surface area contributed by atoms with Gasteiger partial charge in [-0.05, 0) is 53.1 Å². The van der Waals surface area contributed by atoms with Crippen LogP contribution in [0.1, 0.15) is 20.8 Å². The lowest BCUT2D eigenvalue weighted by Gasteiger charge is -2.21. The van der Waals surface area contributed by atoms with Crippen molar-refractivity contribution in [1.82, 2.24) is 24.1 Å². The number of anilines is 1. The molecular weight excluding hydrogens is 456 g/mol. The highest BCUT2D eigenvalue weighted by Crippen LogP contribution is 2.30. The summed E-state index contributed by atoms with van der Waals surface area (Å²) in [6.45, 7) is 5.74. The molecule has 2 heterocycles. The summed E-state index contributed by atoms with van der Waals surface area (Å²) in [5, 5.41) is 12.5. The minimum Gasteiger partial charge on any atom is -0.492 e.